The molecule has 1 rings (SSSR count). The van der Waals surface area contributed by atoms with Crippen molar-refractivity contribution >= 4 is 5.69 Å². The van der Waals surface area contributed by atoms with Gasteiger partial charge in [0.15, 0.2) is 0 Å². The third kappa shape index (κ3) is 4.29. The average molecular weight is 223 g/mol. The Labute approximate surface area is 95.4 Å². The lowest BCUT2D eigenvalue weighted by Crippen LogP contribution is -1.97. The van der Waals surface area contributed by atoms with Gasteiger partial charge in [-0.25, -0.2) is 0 Å². The van der Waals surface area contributed by atoms with E-state index in [9.17, 15) is 10.1 Å². The Bertz CT molecular complexity index is 339. The molecule has 0 spiro atoms. The summed E-state index contributed by atoms with van der Waals surface area (Å²) in [6.45, 7) is 2.78. The van der Waals surface area contributed by atoms with E-state index in [0.29, 0.717) is 12.4 Å². The number of rotatable bonds is 7. The van der Waals surface area contributed by atoms with Crippen molar-refractivity contribution in [3.63, 3.8) is 0 Å². The number of non-ortho nitro benzene ring substituents is 1. The van der Waals surface area contributed by atoms with Crippen LogP contribution in [-0.4, -0.2) is 11.5 Å². The number of nitro benzene ring substituents is 1. The zero-order valence-electron chi connectivity index (χ0n) is 9.52. The molecule has 0 radical (unpaired) electrons. The van der Waals surface area contributed by atoms with Gasteiger partial charge in [-0.2, -0.15) is 0 Å². The van der Waals surface area contributed by atoms with Gasteiger partial charge >= 0.3 is 0 Å². The third-order valence-corrected chi connectivity index (χ3v) is 2.30. The van der Waals surface area contributed by atoms with Gasteiger partial charge in [0.05, 0.1) is 17.6 Å². The lowest BCUT2D eigenvalue weighted by atomic mass is 10.2. The molecule has 0 aliphatic heterocycles. The monoisotopic (exact) mass is 223 g/mol. The lowest BCUT2D eigenvalue weighted by molar-refractivity contribution is -0.384. The maximum atomic E-state index is 10.5. The molecule has 0 unspecified atom stereocenters. The average Bonchev–Trinajstić information content (AvgIpc) is 2.29. The molecule has 16 heavy (non-hydrogen) atoms. The number of hydrogen-bond donors (Lipinski definition) is 0. The van der Waals surface area contributed by atoms with Crippen molar-refractivity contribution in [2.24, 2.45) is 0 Å². The van der Waals surface area contributed by atoms with Crippen LogP contribution in [0.3, 0.4) is 0 Å². The second-order valence-corrected chi connectivity index (χ2v) is 3.66. The first-order chi connectivity index (χ1) is 7.74. The van der Waals surface area contributed by atoms with Crippen LogP contribution in [0.15, 0.2) is 24.3 Å². The van der Waals surface area contributed by atoms with Gasteiger partial charge in [0.25, 0.3) is 5.69 Å². The quantitative estimate of drug-likeness (QED) is 0.403. The molecule has 0 N–H and O–H groups in total. The predicted molar refractivity (Wildman–Crippen MR) is 62.7 cm³/mol. The van der Waals surface area contributed by atoms with E-state index in [4.69, 9.17) is 4.74 Å². The number of ether oxygens (including phenoxy) is 1. The zero-order valence-corrected chi connectivity index (χ0v) is 9.52. The van der Waals surface area contributed by atoms with Crippen LogP contribution in [0.5, 0.6) is 5.75 Å². The summed E-state index contributed by atoms with van der Waals surface area (Å²) in [5.41, 5.74) is 0.0751. The minimum absolute atomic E-state index is 0.0751. The molecular weight excluding hydrogens is 206 g/mol. The SMILES string of the molecule is CCCCCCOc1cccc([N+](=O)[O-])c1. The van der Waals surface area contributed by atoms with Crippen molar-refractivity contribution in [3.05, 3.63) is 34.4 Å². The summed E-state index contributed by atoms with van der Waals surface area (Å²) in [5.74, 6) is 0.575. The fourth-order valence-electron chi connectivity index (χ4n) is 1.41. The van der Waals surface area contributed by atoms with Crippen molar-refractivity contribution in [2.45, 2.75) is 32.6 Å². The Morgan fingerprint density at radius 3 is 2.81 bits per heavy atom. The van der Waals surface area contributed by atoms with Gasteiger partial charge in [-0.05, 0) is 12.5 Å². The van der Waals surface area contributed by atoms with Crippen molar-refractivity contribution < 1.29 is 9.66 Å². The summed E-state index contributed by atoms with van der Waals surface area (Å²) in [4.78, 5) is 10.1. The minimum Gasteiger partial charge on any atom is -0.493 e. The number of nitro groups is 1. The Kier molecular flexibility index (Phi) is 5.32. The van der Waals surface area contributed by atoms with E-state index < -0.39 is 4.92 Å². The molecule has 0 bridgehead atoms. The van der Waals surface area contributed by atoms with Gasteiger partial charge in [0, 0.05) is 6.07 Å². The Morgan fingerprint density at radius 1 is 1.31 bits per heavy atom. The van der Waals surface area contributed by atoms with Crippen LogP contribution in [0, 0.1) is 10.1 Å². The molecule has 0 amide bonds. The normalized spacial score (nSPS) is 10.1. The lowest BCUT2D eigenvalue weighted by Gasteiger charge is -2.05. The Morgan fingerprint density at radius 2 is 2.12 bits per heavy atom. The highest BCUT2D eigenvalue weighted by atomic mass is 16.6. The van der Waals surface area contributed by atoms with Crippen LogP contribution in [0.2, 0.25) is 0 Å². The number of nitrogens with zero attached hydrogens (tertiary/aromatic N) is 1. The van der Waals surface area contributed by atoms with Crippen molar-refractivity contribution in [2.75, 3.05) is 6.61 Å². The first-order valence-corrected chi connectivity index (χ1v) is 5.61. The molecule has 0 aromatic heterocycles. The van der Waals surface area contributed by atoms with Crippen LogP contribution >= 0.6 is 0 Å². The highest BCUT2D eigenvalue weighted by Crippen LogP contribution is 2.19. The summed E-state index contributed by atoms with van der Waals surface area (Å²) in [6.07, 6.45) is 4.54. The van der Waals surface area contributed by atoms with Crippen molar-refractivity contribution in [1.29, 1.82) is 0 Å². The summed E-state index contributed by atoms with van der Waals surface area (Å²) >= 11 is 0. The van der Waals surface area contributed by atoms with Crippen LogP contribution in [0.25, 0.3) is 0 Å². The predicted octanol–water partition coefficient (Wildman–Crippen LogP) is 3.55. The van der Waals surface area contributed by atoms with Gasteiger partial charge in [-0.15, -0.1) is 0 Å². The summed E-state index contributed by atoms with van der Waals surface area (Å²) in [7, 11) is 0. The molecule has 0 atom stereocenters. The smallest absolute Gasteiger partial charge is 0.273 e. The maximum Gasteiger partial charge on any atom is 0.273 e. The molecule has 1 aromatic rings. The third-order valence-electron chi connectivity index (χ3n) is 2.30. The second-order valence-electron chi connectivity index (χ2n) is 3.66. The molecule has 88 valence electrons. The second kappa shape index (κ2) is 6.82. The van der Waals surface area contributed by atoms with Gasteiger partial charge in [-0.1, -0.05) is 32.3 Å². The highest BCUT2D eigenvalue weighted by molar-refractivity contribution is 5.37. The summed E-state index contributed by atoms with van der Waals surface area (Å²) in [6, 6.07) is 6.30. The minimum atomic E-state index is -0.413. The molecular formula is C12H17NO3. The van der Waals surface area contributed by atoms with E-state index in [-0.39, 0.29) is 5.69 Å². The van der Waals surface area contributed by atoms with E-state index in [1.54, 1.807) is 12.1 Å². The molecule has 0 saturated carbocycles. The molecule has 0 aliphatic rings. The number of hydrogen-bond acceptors (Lipinski definition) is 3. The van der Waals surface area contributed by atoms with E-state index in [2.05, 4.69) is 6.92 Å². The van der Waals surface area contributed by atoms with Crippen LogP contribution in [0.4, 0.5) is 5.69 Å². The van der Waals surface area contributed by atoms with E-state index in [0.717, 1.165) is 12.8 Å². The van der Waals surface area contributed by atoms with Crippen LogP contribution < -0.4 is 4.74 Å². The van der Waals surface area contributed by atoms with Gasteiger partial charge < -0.3 is 4.74 Å². The molecule has 0 heterocycles. The fourth-order valence-corrected chi connectivity index (χ4v) is 1.41. The number of unbranched alkanes of at least 4 members (excludes halogenated alkanes) is 3. The summed E-state index contributed by atoms with van der Waals surface area (Å²) < 4.78 is 5.44. The topological polar surface area (TPSA) is 52.4 Å². The molecule has 1 aromatic carbocycles. The standard InChI is InChI=1S/C12H17NO3/c1-2-3-4-5-9-16-12-8-6-7-11(10-12)13(14)15/h6-8,10H,2-5,9H2,1H3. The largest absolute Gasteiger partial charge is 0.493 e. The molecule has 0 aliphatic carbocycles. The first kappa shape index (κ1) is 12.5. The molecule has 0 fully saturated rings. The van der Waals surface area contributed by atoms with Crippen molar-refractivity contribution in [1.82, 2.24) is 0 Å². The van der Waals surface area contributed by atoms with Crippen LogP contribution in [0.1, 0.15) is 32.6 Å². The zero-order chi connectivity index (χ0) is 11.8. The Hall–Kier alpha value is -1.58. The van der Waals surface area contributed by atoms with Gasteiger partial charge in [0.2, 0.25) is 0 Å². The molecule has 4 nitrogen and oxygen atoms in total. The van der Waals surface area contributed by atoms with Gasteiger partial charge in [0.1, 0.15) is 5.75 Å². The highest BCUT2D eigenvalue weighted by Gasteiger charge is 2.05. The van der Waals surface area contributed by atoms with Gasteiger partial charge in [-0.3, -0.25) is 10.1 Å². The van der Waals surface area contributed by atoms with E-state index in [1.807, 2.05) is 0 Å². The van der Waals surface area contributed by atoms with E-state index in [1.165, 1.54) is 25.0 Å². The number of benzene rings is 1. The first-order valence-electron chi connectivity index (χ1n) is 5.61. The maximum absolute atomic E-state index is 10.5. The Balaban J connectivity index is 2.36. The fraction of sp³-hybridized carbons (Fsp3) is 0.500. The summed E-state index contributed by atoms with van der Waals surface area (Å²) in [5, 5.41) is 10.5. The molecule has 0 saturated heterocycles. The van der Waals surface area contributed by atoms with E-state index >= 15 is 0 Å². The van der Waals surface area contributed by atoms with Crippen LogP contribution in [-0.2, 0) is 0 Å². The molecule has 4 heteroatoms. The van der Waals surface area contributed by atoms with Crippen molar-refractivity contribution in [3.8, 4) is 5.75 Å².